The van der Waals surface area contributed by atoms with Gasteiger partial charge in [0.2, 0.25) is 5.88 Å². The van der Waals surface area contributed by atoms with Crippen molar-refractivity contribution < 1.29 is 13.2 Å². The molecule has 6 heteroatoms. The van der Waals surface area contributed by atoms with E-state index in [2.05, 4.69) is 4.98 Å². The Morgan fingerprint density at radius 3 is 2.81 bits per heavy atom. The highest BCUT2D eigenvalue weighted by Crippen LogP contribution is 2.10. The van der Waals surface area contributed by atoms with Crippen LogP contribution in [0.15, 0.2) is 18.2 Å². The van der Waals surface area contributed by atoms with Crippen LogP contribution >= 0.6 is 0 Å². The Morgan fingerprint density at radius 2 is 2.19 bits per heavy atom. The molecule has 16 heavy (non-hydrogen) atoms. The first-order valence-corrected chi connectivity index (χ1v) is 6.80. The molecule has 0 aliphatic carbocycles. The van der Waals surface area contributed by atoms with Crippen LogP contribution in [0.4, 0.5) is 0 Å². The molecule has 5 nitrogen and oxygen atoms in total. The minimum atomic E-state index is -3.12. The molecule has 90 valence electrons. The molecule has 0 spiro atoms. The molecular weight excluding hydrogens is 228 g/mol. The van der Waals surface area contributed by atoms with Crippen molar-refractivity contribution in [3.8, 4) is 5.88 Å². The van der Waals surface area contributed by atoms with E-state index in [1.165, 1.54) is 7.11 Å². The van der Waals surface area contributed by atoms with Gasteiger partial charge in [-0.2, -0.15) is 0 Å². The summed E-state index contributed by atoms with van der Waals surface area (Å²) in [6, 6.07) is 5.07. The average molecular weight is 244 g/mol. The first kappa shape index (κ1) is 12.9. The number of methoxy groups -OCH3 is 1. The maximum atomic E-state index is 11.6. The van der Waals surface area contributed by atoms with Gasteiger partial charge in [0.25, 0.3) is 0 Å². The maximum Gasteiger partial charge on any atom is 0.213 e. The second-order valence-electron chi connectivity index (χ2n) is 3.41. The topological polar surface area (TPSA) is 82.3 Å². The molecule has 1 aromatic heterocycles. The molecule has 0 aliphatic heterocycles. The molecule has 2 N–H and O–H groups in total. The van der Waals surface area contributed by atoms with Gasteiger partial charge in [0.05, 0.1) is 24.3 Å². The zero-order chi connectivity index (χ0) is 12.0. The molecule has 1 heterocycles. The third-order valence-corrected chi connectivity index (χ3v) is 3.66. The van der Waals surface area contributed by atoms with E-state index in [9.17, 15) is 8.42 Å². The highest BCUT2D eigenvalue weighted by molar-refractivity contribution is 7.90. The first-order chi connectivity index (χ1) is 7.57. The Bertz CT molecular complexity index is 431. The number of rotatable bonds is 6. The van der Waals surface area contributed by atoms with E-state index in [-0.39, 0.29) is 11.5 Å². The van der Waals surface area contributed by atoms with Crippen LogP contribution in [0.1, 0.15) is 12.1 Å². The highest BCUT2D eigenvalue weighted by atomic mass is 32.2. The van der Waals surface area contributed by atoms with Crippen LogP contribution in [0.2, 0.25) is 0 Å². The zero-order valence-electron chi connectivity index (χ0n) is 9.22. The lowest BCUT2D eigenvalue weighted by Crippen LogP contribution is -2.13. The predicted octanol–water partition coefficient (Wildman–Crippen LogP) is 0.354. The van der Waals surface area contributed by atoms with Gasteiger partial charge in [-0.05, 0) is 19.0 Å². The number of pyridine rings is 1. The Balaban J connectivity index is 2.72. The lowest BCUT2D eigenvalue weighted by atomic mass is 10.4. The highest BCUT2D eigenvalue weighted by Gasteiger charge is 2.12. The van der Waals surface area contributed by atoms with E-state index >= 15 is 0 Å². The molecule has 0 saturated carbocycles. The molecule has 0 fully saturated rings. The van der Waals surface area contributed by atoms with Gasteiger partial charge in [-0.25, -0.2) is 13.4 Å². The standard InChI is InChI=1S/C10H16N2O3S/c1-15-10-5-2-4-9(12-10)8-16(13,14)7-3-6-11/h2,4-5H,3,6-8,11H2,1H3. The van der Waals surface area contributed by atoms with E-state index in [0.717, 1.165) is 0 Å². The molecule has 0 aliphatic rings. The van der Waals surface area contributed by atoms with E-state index < -0.39 is 9.84 Å². The molecule has 0 radical (unpaired) electrons. The summed E-state index contributed by atoms with van der Waals surface area (Å²) in [5, 5.41) is 0. The molecule has 0 bridgehead atoms. The molecular formula is C10H16N2O3S. The lowest BCUT2D eigenvalue weighted by Gasteiger charge is -2.04. The van der Waals surface area contributed by atoms with Crippen LogP contribution in [0, 0.1) is 0 Å². The van der Waals surface area contributed by atoms with Crippen LogP contribution in [0.25, 0.3) is 0 Å². The Labute approximate surface area is 95.6 Å². The van der Waals surface area contributed by atoms with Crippen molar-refractivity contribution in [3.05, 3.63) is 23.9 Å². The van der Waals surface area contributed by atoms with Gasteiger partial charge in [0.1, 0.15) is 0 Å². The van der Waals surface area contributed by atoms with Crippen molar-refractivity contribution in [2.75, 3.05) is 19.4 Å². The van der Waals surface area contributed by atoms with Gasteiger partial charge in [0, 0.05) is 6.07 Å². The van der Waals surface area contributed by atoms with Gasteiger partial charge in [0.15, 0.2) is 9.84 Å². The molecule has 0 unspecified atom stereocenters. The lowest BCUT2D eigenvalue weighted by molar-refractivity contribution is 0.396. The number of aromatic nitrogens is 1. The minimum absolute atomic E-state index is 0.0653. The molecule has 0 aromatic carbocycles. The van der Waals surface area contributed by atoms with Crippen molar-refractivity contribution in [2.24, 2.45) is 5.73 Å². The van der Waals surface area contributed by atoms with Gasteiger partial charge in [-0.3, -0.25) is 0 Å². The SMILES string of the molecule is COc1cccc(CS(=O)(=O)CCCN)n1. The number of ether oxygens (including phenoxy) is 1. The molecule has 0 saturated heterocycles. The predicted molar refractivity (Wildman–Crippen MR) is 62.0 cm³/mol. The fraction of sp³-hybridized carbons (Fsp3) is 0.500. The van der Waals surface area contributed by atoms with Crippen molar-refractivity contribution >= 4 is 9.84 Å². The number of nitrogens with two attached hydrogens (primary N) is 1. The third-order valence-electron chi connectivity index (χ3n) is 2.02. The second-order valence-corrected chi connectivity index (χ2v) is 5.59. The van der Waals surface area contributed by atoms with Crippen LogP contribution in [0.5, 0.6) is 5.88 Å². The van der Waals surface area contributed by atoms with Crippen LogP contribution in [-0.4, -0.2) is 32.8 Å². The third kappa shape index (κ3) is 4.16. The van der Waals surface area contributed by atoms with E-state index in [1.807, 2.05) is 0 Å². The summed E-state index contributed by atoms with van der Waals surface area (Å²) in [4.78, 5) is 4.05. The molecule has 1 rings (SSSR count). The van der Waals surface area contributed by atoms with E-state index in [4.69, 9.17) is 10.5 Å². The summed E-state index contributed by atoms with van der Waals surface area (Å²) >= 11 is 0. The summed E-state index contributed by atoms with van der Waals surface area (Å²) in [5.74, 6) is 0.457. The summed E-state index contributed by atoms with van der Waals surface area (Å²) in [6.07, 6.45) is 0.478. The fourth-order valence-corrected chi connectivity index (χ4v) is 2.61. The summed E-state index contributed by atoms with van der Waals surface area (Å²) in [6.45, 7) is 0.380. The second kappa shape index (κ2) is 5.81. The zero-order valence-corrected chi connectivity index (χ0v) is 10.0. The van der Waals surface area contributed by atoms with Crippen molar-refractivity contribution in [3.63, 3.8) is 0 Å². The maximum absolute atomic E-state index is 11.6. The number of hydrogen-bond acceptors (Lipinski definition) is 5. The van der Waals surface area contributed by atoms with Gasteiger partial charge in [-0.15, -0.1) is 0 Å². The molecule has 0 amide bonds. The Kier molecular flexibility index (Phi) is 4.70. The monoisotopic (exact) mass is 244 g/mol. The largest absolute Gasteiger partial charge is 0.481 e. The first-order valence-electron chi connectivity index (χ1n) is 4.98. The fourth-order valence-electron chi connectivity index (χ4n) is 1.25. The van der Waals surface area contributed by atoms with Gasteiger partial charge < -0.3 is 10.5 Å². The van der Waals surface area contributed by atoms with Crippen LogP contribution in [0.3, 0.4) is 0 Å². The van der Waals surface area contributed by atoms with Crippen molar-refractivity contribution in [1.82, 2.24) is 4.98 Å². The van der Waals surface area contributed by atoms with Crippen molar-refractivity contribution in [1.29, 1.82) is 0 Å². The van der Waals surface area contributed by atoms with Crippen LogP contribution in [-0.2, 0) is 15.6 Å². The molecule has 0 atom stereocenters. The summed E-state index contributed by atoms with van der Waals surface area (Å²) < 4.78 is 28.2. The number of sulfone groups is 1. The van der Waals surface area contributed by atoms with Gasteiger partial charge >= 0.3 is 0 Å². The smallest absolute Gasteiger partial charge is 0.213 e. The number of nitrogens with zero attached hydrogens (tertiary/aromatic N) is 1. The van der Waals surface area contributed by atoms with Gasteiger partial charge in [-0.1, -0.05) is 6.07 Å². The Morgan fingerprint density at radius 1 is 1.44 bits per heavy atom. The van der Waals surface area contributed by atoms with Crippen LogP contribution < -0.4 is 10.5 Å². The summed E-state index contributed by atoms with van der Waals surface area (Å²) in [5.41, 5.74) is 5.77. The van der Waals surface area contributed by atoms with E-state index in [1.54, 1.807) is 18.2 Å². The quantitative estimate of drug-likeness (QED) is 0.781. The van der Waals surface area contributed by atoms with Crippen molar-refractivity contribution in [2.45, 2.75) is 12.2 Å². The molecule has 1 aromatic rings. The number of hydrogen-bond donors (Lipinski definition) is 1. The normalized spacial score (nSPS) is 11.4. The van der Waals surface area contributed by atoms with E-state index in [0.29, 0.717) is 24.5 Å². The Hall–Kier alpha value is -1.14. The minimum Gasteiger partial charge on any atom is -0.481 e. The summed E-state index contributed by atoms with van der Waals surface area (Å²) in [7, 11) is -1.62. The average Bonchev–Trinajstić information content (AvgIpc) is 2.26.